The first-order chi connectivity index (χ1) is 15.1. The van der Waals surface area contributed by atoms with E-state index in [4.69, 9.17) is 9.47 Å². The van der Waals surface area contributed by atoms with Gasteiger partial charge in [0, 0.05) is 30.4 Å². The van der Waals surface area contributed by atoms with E-state index in [0.717, 1.165) is 0 Å². The molecule has 1 amide bonds. The molecule has 0 aliphatic carbocycles. The van der Waals surface area contributed by atoms with Crippen LogP contribution >= 0.6 is 0 Å². The Labute approximate surface area is 178 Å². The van der Waals surface area contributed by atoms with Gasteiger partial charge in [0.1, 0.15) is 5.82 Å². The lowest BCUT2D eigenvalue weighted by atomic mass is 10.1. The molecule has 2 heterocycles. The highest BCUT2D eigenvalue weighted by Gasteiger charge is 2.23. The molecule has 1 aromatic heterocycles. The molecule has 31 heavy (non-hydrogen) atoms. The van der Waals surface area contributed by atoms with Crippen LogP contribution in [0.5, 0.6) is 0 Å². The molecule has 1 N–H and O–H groups in total. The summed E-state index contributed by atoms with van der Waals surface area (Å²) in [5.41, 5.74) is 2.42. The average Bonchev–Trinajstić information content (AvgIpc) is 2.80. The Bertz CT molecular complexity index is 1110. The van der Waals surface area contributed by atoms with Crippen molar-refractivity contribution in [2.24, 2.45) is 0 Å². The van der Waals surface area contributed by atoms with Crippen LogP contribution in [-0.2, 0) is 9.47 Å². The summed E-state index contributed by atoms with van der Waals surface area (Å²) in [6.45, 7) is 3.94. The molecular formula is C23H22FN3O4. The Morgan fingerprint density at radius 2 is 1.90 bits per heavy atom. The van der Waals surface area contributed by atoms with E-state index >= 15 is 0 Å². The second-order valence-electron chi connectivity index (χ2n) is 7.04. The second kappa shape index (κ2) is 9.09. The highest BCUT2D eigenvalue weighted by molar-refractivity contribution is 6.08. The number of benzene rings is 2. The number of pyridine rings is 1. The van der Waals surface area contributed by atoms with E-state index in [0.29, 0.717) is 66.3 Å². The number of hydrogen-bond donors (Lipinski definition) is 1. The molecule has 1 fully saturated rings. The predicted molar refractivity (Wildman–Crippen MR) is 114 cm³/mol. The number of amides is 1. The third-order valence-corrected chi connectivity index (χ3v) is 5.02. The van der Waals surface area contributed by atoms with Gasteiger partial charge in [0.25, 0.3) is 5.91 Å². The van der Waals surface area contributed by atoms with Crippen molar-refractivity contribution in [3.05, 3.63) is 65.6 Å². The molecule has 1 saturated heterocycles. The quantitative estimate of drug-likeness (QED) is 0.630. The summed E-state index contributed by atoms with van der Waals surface area (Å²) in [5, 5.41) is 3.72. The smallest absolute Gasteiger partial charge is 0.338 e. The standard InChI is InChI=1S/C23H22FN3O4/c1-2-31-23(29)15-3-6-17(7-4-15)26-21-18-13-16(24)5-8-20(18)25-14-19(21)22(28)27-9-11-30-12-10-27/h3-8,13-14H,2,9-12H2,1H3,(H,25,26). The van der Waals surface area contributed by atoms with Crippen molar-refractivity contribution < 1.29 is 23.5 Å². The predicted octanol–water partition coefficient (Wildman–Crippen LogP) is 3.77. The molecule has 8 heteroatoms. The van der Waals surface area contributed by atoms with Gasteiger partial charge in [-0.15, -0.1) is 0 Å². The number of ether oxygens (including phenoxy) is 2. The normalized spacial score (nSPS) is 13.8. The second-order valence-corrected chi connectivity index (χ2v) is 7.04. The van der Waals surface area contributed by atoms with E-state index in [1.54, 1.807) is 42.2 Å². The van der Waals surface area contributed by atoms with Gasteiger partial charge < -0.3 is 19.7 Å². The number of carbonyl (C=O) groups excluding carboxylic acids is 2. The minimum absolute atomic E-state index is 0.201. The van der Waals surface area contributed by atoms with Gasteiger partial charge in [0.2, 0.25) is 0 Å². The number of halogens is 1. The van der Waals surface area contributed by atoms with Crippen molar-refractivity contribution in [3.8, 4) is 0 Å². The van der Waals surface area contributed by atoms with Gasteiger partial charge in [-0.05, 0) is 49.4 Å². The van der Waals surface area contributed by atoms with Gasteiger partial charge in [-0.25, -0.2) is 9.18 Å². The van der Waals surface area contributed by atoms with E-state index in [-0.39, 0.29) is 5.91 Å². The highest BCUT2D eigenvalue weighted by Crippen LogP contribution is 2.31. The molecule has 0 atom stereocenters. The summed E-state index contributed by atoms with van der Waals surface area (Å²) >= 11 is 0. The SMILES string of the molecule is CCOC(=O)c1ccc(Nc2c(C(=O)N3CCOCC3)cnc3ccc(F)cc23)cc1. The van der Waals surface area contributed by atoms with Gasteiger partial charge in [-0.1, -0.05) is 0 Å². The van der Waals surface area contributed by atoms with E-state index < -0.39 is 11.8 Å². The molecule has 0 unspecified atom stereocenters. The van der Waals surface area contributed by atoms with Crippen LogP contribution in [0.25, 0.3) is 10.9 Å². The topological polar surface area (TPSA) is 80.8 Å². The maximum atomic E-state index is 14.0. The molecular weight excluding hydrogens is 401 g/mol. The van der Waals surface area contributed by atoms with Crippen molar-refractivity contribution >= 4 is 34.2 Å². The number of nitrogens with one attached hydrogen (secondary N) is 1. The molecule has 2 aromatic carbocycles. The fraction of sp³-hybridized carbons (Fsp3) is 0.261. The zero-order valence-electron chi connectivity index (χ0n) is 17.1. The molecule has 1 aliphatic rings. The Hall–Kier alpha value is -3.52. The lowest BCUT2D eigenvalue weighted by Crippen LogP contribution is -2.41. The molecule has 1 aliphatic heterocycles. The molecule has 0 saturated carbocycles. The number of anilines is 2. The number of fused-ring (bicyclic) bond motifs is 1. The van der Waals surface area contributed by atoms with Crippen LogP contribution in [0.4, 0.5) is 15.8 Å². The first-order valence-corrected chi connectivity index (χ1v) is 10.1. The van der Waals surface area contributed by atoms with Crippen molar-refractivity contribution in [2.75, 3.05) is 38.2 Å². The van der Waals surface area contributed by atoms with Gasteiger partial charge in [0.15, 0.2) is 0 Å². The first-order valence-electron chi connectivity index (χ1n) is 10.1. The number of aromatic nitrogens is 1. The summed E-state index contributed by atoms with van der Waals surface area (Å²) in [6.07, 6.45) is 1.51. The van der Waals surface area contributed by atoms with Crippen molar-refractivity contribution in [3.63, 3.8) is 0 Å². The number of morpholine rings is 1. The van der Waals surface area contributed by atoms with Gasteiger partial charge in [0.05, 0.1) is 42.2 Å². The third-order valence-electron chi connectivity index (χ3n) is 5.02. The first kappa shape index (κ1) is 20.7. The minimum atomic E-state index is -0.425. The average molecular weight is 423 g/mol. The fourth-order valence-electron chi connectivity index (χ4n) is 3.45. The molecule has 0 spiro atoms. The highest BCUT2D eigenvalue weighted by atomic mass is 19.1. The van der Waals surface area contributed by atoms with Crippen molar-refractivity contribution in [1.82, 2.24) is 9.88 Å². The Morgan fingerprint density at radius 3 is 2.61 bits per heavy atom. The van der Waals surface area contributed by atoms with Crippen molar-refractivity contribution in [1.29, 1.82) is 0 Å². The number of hydrogen-bond acceptors (Lipinski definition) is 6. The molecule has 3 aromatic rings. The van der Waals surface area contributed by atoms with Crippen LogP contribution < -0.4 is 5.32 Å². The maximum Gasteiger partial charge on any atom is 0.338 e. The molecule has 7 nitrogen and oxygen atoms in total. The monoisotopic (exact) mass is 423 g/mol. The number of nitrogens with zero attached hydrogens (tertiary/aromatic N) is 2. The Balaban J connectivity index is 1.72. The summed E-state index contributed by atoms with van der Waals surface area (Å²) in [6, 6.07) is 10.9. The van der Waals surface area contributed by atoms with Gasteiger partial charge in [-0.2, -0.15) is 0 Å². The van der Waals surface area contributed by atoms with Gasteiger partial charge in [-0.3, -0.25) is 9.78 Å². The summed E-state index contributed by atoms with van der Waals surface area (Å²) in [5.74, 6) is -1.03. The zero-order valence-corrected chi connectivity index (χ0v) is 17.1. The Kier molecular flexibility index (Phi) is 6.08. The largest absolute Gasteiger partial charge is 0.462 e. The number of esters is 1. The number of carbonyl (C=O) groups is 2. The van der Waals surface area contributed by atoms with Crippen LogP contribution in [0.3, 0.4) is 0 Å². The summed E-state index contributed by atoms with van der Waals surface area (Å²) < 4.78 is 24.4. The minimum Gasteiger partial charge on any atom is -0.462 e. The maximum absolute atomic E-state index is 14.0. The fourth-order valence-corrected chi connectivity index (χ4v) is 3.45. The summed E-state index contributed by atoms with van der Waals surface area (Å²) in [7, 11) is 0. The van der Waals surface area contributed by atoms with Crippen LogP contribution in [0.15, 0.2) is 48.7 Å². The summed E-state index contributed by atoms with van der Waals surface area (Å²) in [4.78, 5) is 31.1. The lowest BCUT2D eigenvalue weighted by Gasteiger charge is -2.28. The van der Waals surface area contributed by atoms with Crippen LogP contribution in [0, 0.1) is 5.82 Å². The lowest BCUT2D eigenvalue weighted by molar-refractivity contribution is 0.0303. The zero-order chi connectivity index (χ0) is 21.8. The molecule has 0 bridgehead atoms. The van der Waals surface area contributed by atoms with Crippen LogP contribution in [0.1, 0.15) is 27.6 Å². The number of rotatable bonds is 5. The molecule has 4 rings (SSSR count). The van der Waals surface area contributed by atoms with E-state index in [2.05, 4.69) is 10.3 Å². The van der Waals surface area contributed by atoms with Gasteiger partial charge >= 0.3 is 5.97 Å². The Morgan fingerprint density at radius 1 is 1.16 bits per heavy atom. The van der Waals surface area contributed by atoms with E-state index in [9.17, 15) is 14.0 Å². The van der Waals surface area contributed by atoms with Crippen LogP contribution in [-0.4, -0.2) is 54.7 Å². The molecule has 0 radical (unpaired) electrons. The molecule has 160 valence electrons. The van der Waals surface area contributed by atoms with Crippen molar-refractivity contribution in [2.45, 2.75) is 6.92 Å². The van der Waals surface area contributed by atoms with E-state index in [1.807, 2.05) is 0 Å². The van der Waals surface area contributed by atoms with E-state index in [1.165, 1.54) is 18.3 Å². The third kappa shape index (κ3) is 4.49. The van der Waals surface area contributed by atoms with Crippen LogP contribution in [0.2, 0.25) is 0 Å².